The van der Waals surface area contributed by atoms with Crippen LogP contribution in [0.1, 0.15) is 188 Å². The van der Waals surface area contributed by atoms with Crippen LogP contribution in [0.15, 0.2) is 60.9 Å². The van der Waals surface area contributed by atoms with Crippen molar-refractivity contribution in [2.24, 2.45) is 28.7 Å². The number of piperidine rings is 1. The number of pyridine rings is 2. The molecular formula is C67H105N13O8. The molecule has 1 atom stereocenters. The minimum atomic E-state index is -0.784. The SMILES string of the molecule is COc1ccc(C(=O)N(CC(C)(C)CCn2cc(CCCCCCCCCCCCCCCC(=O)NCCN(CCC(=O)NCCN)CCC(=O)NCCN)nn2)c2cccc(C)n2)c(N2CCC(COc3cc([C@@H](CC(=O)O)C4CC4)ccn3)CC2)c1. The van der Waals surface area contributed by atoms with Gasteiger partial charge in [0.15, 0.2) is 0 Å². The maximum Gasteiger partial charge on any atom is 0.303 e. The number of ether oxygens (including phenoxy) is 2. The summed E-state index contributed by atoms with van der Waals surface area (Å²) in [6, 6.07) is 15.4. The molecule has 4 heterocycles. The largest absolute Gasteiger partial charge is 0.497 e. The first-order valence-electron chi connectivity index (χ1n) is 32.9. The van der Waals surface area contributed by atoms with Crippen molar-refractivity contribution in [1.29, 1.82) is 0 Å². The number of carboxylic acid groups (broad SMARTS) is 1. The molecule has 3 aromatic heterocycles. The van der Waals surface area contributed by atoms with Gasteiger partial charge in [0.05, 0.1) is 37.1 Å². The second kappa shape index (κ2) is 38.6. The first-order valence-corrected chi connectivity index (χ1v) is 32.9. The summed E-state index contributed by atoms with van der Waals surface area (Å²) in [7, 11) is 1.65. The number of unbranched alkanes of at least 4 members (excludes halogenated alkanes) is 12. The van der Waals surface area contributed by atoms with E-state index in [4.69, 9.17) is 25.9 Å². The molecule has 2 fully saturated rings. The Morgan fingerprint density at radius 1 is 0.761 bits per heavy atom. The van der Waals surface area contributed by atoms with E-state index in [1.165, 1.54) is 57.8 Å². The Morgan fingerprint density at radius 3 is 2.00 bits per heavy atom. The molecule has 0 unspecified atom stereocenters. The van der Waals surface area contributed by atoms with Gasteiger partial charge >= 0.3 is 5.97 Å². The van der Waals surface area contributed by atoms with E-state index in [1.807, 2.05) is 69.9 Å². The van der Waals surface area contributed by atoms with Gasteiger partial charge in [-0.25, -0.2) is 9.97 Å². The van der Waals surface area contributed by atoms with Gasteiger partial charge in [-0.3, -0.25) is 33.6 Å². The fraction of sp³-hybridized carbons (Fsp3) is 0.657. The lowest BCUT2D eigenvalue weighted by molar-refractivity contribution is -0.137. The molecular weight excluding hydrogens is 1110 g/mol. The van der Waals surface area contributed by atoms with Gasteiger partial charge in [-0.2, -0.15) is 0 Å². The van der Waals surface area contributed by atoms with Crippen LogP contribution >= 0.6 is 0 Å². The Labute approximate surface area is 523 Å². The second-order valence-corrected chi connectivity index (χ2v) is 25.1. The van der Waals surface area contributed by atoms with Crippen molar-refractivity contribution in [3.05, 3.63) is 83.4 Å². The molecule has 0 spiro atoms. The standard InChI is InChI=1S/C67H105N13O8/c1-51-19-18-21-60(74-51)80(66(86)57-26-25-56(87-4)46-59(57)78-41-28-52(29-42-78)49-88-64-45-54(27-35-73-64)58(47-65(84)85)53-23-24-53)50-67(2,3)32-43-79-48-55(75-76-79)20-16-14-12-10-8-6-5-7-9-11-13-15-17-22-61(81)72-38-44-77(39-30-62(82)70-36-33-68)40-31-63(83)71-37-34-69/h18-19,21,25-27,35,45-46,48,52-53,58H,5-17,20,22-24,28-34,36-44,47,49-50,68-69H2,1-4H3,(H,70,82)(H,71,83)(H,72,81)(H,84,85)/t58-/m0/s1. The van der Waals surface area contributed by atoms with Crippen molar-refractivity contribution in [3.63, 3.8) is 0 Å². The lowest BCUT2D eigenvalue weighted by atomic mass is 9.88. The minimum absolute atomic E-state index is 0.0189. The number of amides is 4. The summed E-state index contributed by atoms with van der Waals surface area (Å²) in [6.07, 6.45) is 25.9. The van der Waals surface area contributed by atoms with Crippen LogP contribution < -0.4 is 46.7 Å². The van der Waals surface area contributed by atoms with Crippen LogP contribution in [0.3, 0.4) is 0 Å². The zero-order valence-electron chi connectivity index (χ0n) is 53.5. The van der Waals surface area contributed by atoms with E-state index in [0.717, 1.165) is 99.9 Å². The first kappa shape index (κ1) is 70.4. The third-order valence-corrected chi connectivity index (χ3v) is 17.0. The number of carbonyl (C=O) groups excluding carboxylic acids is 4. The third kappa shape index (κ3) is 26.2. The lowest BCUT2D eigenvalue weighted by Gasteiger charge is -2.36. The molecule has 0 radical (unpaired) electrons. The number of nitrogens with zero attached hydrogens (tertiary/aromatic N) is 8. The van der Waals surface area contributed by atoms with E-state index >= 15 is 4.79 Å². The summed E-state index contributed by atoms with van der Waals surface area (Å²) < 4.78 is 13.9. The molecule has 1 saturated carbocycles. The molecule has 1 aliphatic heterocycles. The number of methoxy groups -OCH3 is 1. The monoisotopic (exact) mass is 1220 g/mol. The molecule has 2 aliphatic rings. The number of hydrogen-bond acceptors (Lipinski definition) is 15. The normalized spacial score (nSPS) is 14.0. The number of rotatable bonds is 45. The maximum absolute atomic E-state index is 15.1. The third-order valence-electron chi connectivity index (χ3n) is 17.0. The summed E-state index contributed by atoms with van der Waals surface area (Å²) in [4.78, 5) is 79.0. The van der Waals surface area contributed by atoms with Crippen LogP contribution in [-0.2, 0) is 32.1 Å². The van der Waals surface area contributed by atoms with Crippen molar-refractivity contribution in [2.75, 3.05) is 95.5 Å². The molecule has 1 aromatic carbocycles. The molecule has 0 bridgehead atoms. The highest BCUT2D eigenvalue weighted by Gasteiger charge is 2.35. The van der Waals surface area contributed by atoms with Gasteiger partial charge < -0.3 is 51.8 Å². The quantitative estimate of drug-likeness (QED) is 0.0226. The van der Waals surface area contributed by atoms with Crippen LogP contribution in [0.2, 0.25) is 0 Å². The Morgan fingerprint density at radius 2 is 1.39 bits per heavy atom. The first-order chi connectivity index (χ1) is 42.6. The number of aliphatic carboxylic acids is 1. The number of aromatic nitrogens is 5. The maximum atomic E-state index is 15.1. The smallest absolute Gasteiger partial charge is 0.303 e. The van der Waals surface area contributed by atoms with Crippen LogP contribution in [0, 0.1) is 24.2 Å². The highest BCUT2D eigenvalue weighted by Crippen LogP contribution is 2.45. The molecule has 4 aromatic rings. The fourth-order valence-electron chi connectivity index (χ4n) is 11.6. The highest BCUT2D eigenvalue weighted by molar-refractivity contribution is 6.09. The van der Waals surface area contributed by atoms with Crippen LogP contribution in [-0.4, -0.2) is 150 Å². The van der Waals surface area contributed by atoms with Gasteiger partial charge in [0.25, 0.3) is 5.91 Å². The summed E-state index contributed by atoms with van der Waals surface area (Å²) in [5.41, 5.74) is 14.9. The Hall–Kier alpha value is -6.71. The van der Waals surface area contributed by atoms with E-state index < -0.39 is 5.97 Å². The Bertz CT molecular complexity index is 2710. The molecule has 486 valence electrons. The van der Waals surface area contributed by atoms with Crippen molar-refractivity contribution >= 4 is 41.1 Å². The van der Waals surface area contributed by atoms with Gasteiger partial charge in [-0.15, -0.1) is 5.10 Å². The highest BCUT2D eigenvalue weighted by atomic mass is 16.5. The van der Waals surface area contributed by atoms with Crippen molar-refractivity contribution < 1.29 is 38.6 Å². The summed E-state index contributed by atoms with van der Waals surface area (Å²) in [6.45, 7) is 13.1. The van der Waals surface area contributed by atoms with Crippen LogP contribution in [0.5, 0.6) is 11.6 Å². The Kier molecular flexibility index (Phi) is 30.9. The van der Waals surface area contributed by atoms with Crippen molar-refractivity contribution in [1.82, 2.24) is 45.8 Å². The number of nitrogens with two attached hydrogens (primary N) is 2. The topological polar surface area (TPSA) is 278 Å². The van der Waals surface area contributed by atoms with Crippen LogP contribution in [0.25, 0.3) is 0 Å². The summed E-state index contributed by atoms with van der Waals surface area (Å²) in [5.74, 6) is 1.49. The summed E-state index contributed by atoms with van der Waals surface area (Å²) in [5, 5.41) is 27.2. The van der Waals surface area contributed by atoms with Crippen LogP contribution in [0.4, 0.5) is 11.5 Å². The lowest BCUT2D eigenvalue weighted by Crippen LogP contribution is -2.42. The van der Waals surface area contributed by atoms with E-state index in [-0.39, 0.29) is 47.3 Å². The van der Waals surface area contributed by atoms with E-state index in [9.17, 15) is 24.3 Å². The van der Waals surface area contributed by atoms with Crippen molar-refractivity contribution in [2.45, 2.75) is 181 Å². The predicted octanol–water partition coefficient (Wildman–Crippen LogP) is 8.76. The van der Waals surface area contributed by atoms with Gasteiger partial charge in [-0.05, 0) is 117 Å². The number of nitrogens with one attached hydrogen (secondary N) is 3. The van der Waals surface area contributed by atoms with E-state index in [1.54, 1.807) is 13.3 Å². The average molecular weight is 1220 g/mol. The number of carboxylic acids is 1. The van der Waals surface area contributed by atoms with Gasteiger partial charge in [0.2, 0.25) is 23.6 Å². The zero-order valence-corrected chi connectivity index (χ0v) is 53.5. The Balaban J connectivity index is 0.842. The summed E-state index contributed by atoms with van der Waals surface area (Å²) >= 11 is 0. The molecule has 8 N–H and O–H groups in total. The van der Waals surface area contributed by atoms with Gasteiger partial charge in [-0.1, -0.05) is 95.8 Å². The number of benzene rings is 1. The molecule has 4 amide bonds. The predicted molar refractivity (Wildman–Crippen MR) is 346 cm³/mol. The molecule has 6 rings (SSSR count). The van der Waals surface area contributed by atoms with Crippen molar-refractivity contribution in [3.8, 4) is 11.6 Å². The fourth-order valence-corrected chi connectivity index (χ4v) is 11.6. The van der Waals surface area contributed by atoms with Gasteiger partial charge in [0.1, 0.15) is 11.6 Å². The minimum Gasteiger partial charge on any atom is -0.497 e. The second-order valence-electron chi connectivity index (χ2n) is 25.1. The molecule has 21 nitrogen and oxygen atoms in total. The number of carbonyl (C=O) groups is 5. The average Bonchev–Trinajstić information content (AvgIpc) is 2.80. The number of anilines is 2. The van der Waals surface area contributed by atoms with E-state index in [2.05, 4.69) is 56.2 Å². The molecule has 1 saturated heterocycles. The molecule has 88 heavy (non-hydrogen) atoms. The van der Waals surface area contributed by atoms with Gasteiger partial charge in [0, 0.05) is 128 Å². The number of aryl methyl sites for hydroxylation is 3. The zero-order chi connectivity index (χ0) is 62.9. The number of hydrogen-bond donors (Lipinski definition) is 6. The molecule has 21 heteroatoms. The molecule has 1 aliphatic carbocycles. The van der Waals surface area contributed by atoms with E-state index in [0.29, 0.717) is 120 Å².